The Morgan fingerprint density at radius 1 is 1.27 bits per heavy atom. The fraction of sp³-hybridized carbons (Fsp3) is 0.562. The summed E-state index contributed by atoms with van der Waals surface area (Å²) in [5, 5.41) is 21.9. The van der Waals surface area contributed by atoms with Crippen molar-refractivity contribution in [3.8, 4) is 5.75 Å². The van der Waals surface area contributed by atoms with Crippen molar-refractivity contribution in [2.24, 2.45) is 0 Å². The summed E-state index contributed by atoms with van der Waals surface area (Å²) in [7, 11) is 0. The standard InChI is InChI=1S/C16H24N4O2/c1-11-6-7-14(12(2)8-11)22-10-13(21)9-20-15(16(3,4)5)17-18-19-20/h6-8,13,21H,9-10H2,1-5H3. The van der Waals surface area contributed by atoms with Crippen molar-refractivity contribution >= 4 is 0 Å². The van der Waals surface area contributed by atoms with E-state index < -0.39 is 6.10 Å². The molecule has 6 heteroatoms. The molecule has 120 valence electrons. The highest BCUT2D eigenvalue weighted by molar-refractivity contribution is 5.35. The molecule has 1 heterocycles. The van der Waals surface area contributed by atoms with Gasteiger partial charge in [-0.2, -0.15) is 0 Å². The van der Waals surface area contributed by atoms with Crippen LogP contribution in [0.5, 0.6) is 5.75 Å². The number of aryl methyl sites for hydroxylation is 2. The number of nitrogens with zero attached hydrogens (tertiary/aromatic N) is 4. The van der Waals surface area contributed by atoms with Gasteiger partial charge in [0, 0.05) is 5.41 Å². The monoisotopic (exact) mass is 304 g/mol. The van der Waals surface area contributed by atoms with Gasteiger partial charge in [0.15, 0.2) is 5.82 Å². The van der Waals surface area contributed by atoms with Gasteiger partial charge in [0.1, 0.15) is 18.5 Å². The van der Waals surface area contributed by atoms with Gasteiger partial charge in [-0.3, -0.25) is 0 Å². The lowest BCUT2D eigenvalue weighted by molar-refractivity contribution is 0.0868. The SMILES string of the molecule is Cc1ccc(OCC(O)Cn2nnnc2C(C)(C)C)c(C)c1. The zero-order valence-electron chi connectivity index (χ0n) is 13.9. The number of aromatic nitrogens is 4. The number of rotatable bonds is 5. The largest absolute Gasteiger partial charge is 0.491 e. The van der Waals surface area contributed by atoms with Crippen LogP contribution in [0.3, 0.4) is 0 Å². The molecule has 0 saturated carbocycles. The van der Waals surface area contributed by atoms with E-state index in [0.717, 1.165) is 17.1 Å². The maximum atomic E-state index is 10.2. The molecule has 0 aliphatic carbocycles. The van der Waals surface area contributed by atoms with Crippen molar-refractivity contribution in [3.05, 3.63) is 35.2 Å². The molecule has 0 fully saturated rings. The van der Waals surface area contributed by atoms with E-state index in [1.54, 1.807) is 4.68 Å². The lowest BCUT2D eigenvalue weighted by Gasteiger charge is -2.19. The molecule has 0 bridgehead atoms. The number of ether oxygens (including phenoxy) is 1. The summed E-state index contributed by atoms with van der Waals surface area (Å²) in [6.07, 6.45) is -0.676. The van der Waals surface area contributed by atoms with Crippen LogP contribution in [-0.2, 0) is 12.0 Å². The lowest BCUT2D eigenvalue weighted by atomic mass is 9.96. The molecular weight excluding hydrogens is 280 g/mol. The maximum Gasteiger partial charge on any atom is 0.156 e. The molecule has 2 rings (SSSR count). The molecule has 1 atom stereocenters. The van der Waals surface area contributed by atoms with Gasteiger partial charge in [-0.15, -0.1) is 5.10 Å². The number of benzene rings is 1. The minimum Gasteiger partial charge on any atom is -0.491 e. The van der Waals surface area contributed by atoms with Crippen LogP contribution in [0, 0.1) is 13.8 Å². The maximum absolute atomic E-state index is 10.2. The van der Waals surface area contributed by atoms with E-state index in [4.69, 9.17) is 4.74 Å². The number of hydrogen-bond donors (Lipinski definition) is 1. The van der Waals surface area contributed by atoms with Crippen molar-refractivity contribution in [1.82, 2.24) is 20.2 Å². The Kier molecular flexibility index (Phi) is 4.81. The Hall–Kier alpha value is -1.95. The van der Waals surface area contributed by atoms with Gasteiger partial charge < -0.3 is 9.84 Å². The second kappa shape index (κ2) is 6.44. The molecule has 1 aromatic heterocycles. The van der Waals surface area contributed by atoms with Crippen molar-refractivity contribution in [2.75, 3.05) is 6.61 Å². The zero-order chi connectivity index (χ0) is 16.3. The molecule has 22 heavy (non-hydrogen) atoms. The first-order valence-corrected chi connectivity index (χ1v) is 7.42. The summed E-state index contributed by atoms with van der Waals surface area (Å²) in [5.74, 6) is 1.54. The molecule has 1 aromatic carbocycles. The van der Waals surface area contributed by atoms with Gasteiger partial charge in [0.25, 0.3) is 0 Å². The third kappa shape index (κ3) is 4.04. The highest BCUT2D eigenvalue weighted by Gasteiger charge is 2.23. The van der Waals surface area contributed by atoms with E-state index in [2.05, 4.69) is 21.6 Å². The number of aliphatic hydroxyl groups excluding tert-OH is 1. The van der Waals surface area contributed by atoms with Crippen LogP contribution < -0.4 is 4.74 Å². The zero-order valence-corrected chi connectivity index (χ0v) is 13.9. The second-order valence-corrected chi connectivity index (χ2v) is 6.67. The highest BCUT2D eigenvalue weighted by atomic mass is 16.5. The van der Waals surface area contributed by atoms with Gasteiger partial charge in [0.05, 0.1) is 6.54 Å². The van der Waals surface area contributed by atoms with Crippen LogP contribution in [0.25, 0.3) is 0 Å². The van der Waals surface area contributed by atoms with E-state index in [1.807, 2.05) is 46.8 Å². The van der Waals surface area contributed by atoms with Crippen LogP contribution in [0.1, 0.15) is 37.7 Å². The molecule has 0 aliphatic rings. The third-order valence-corrected chi connectivity index (χ3v) is 3.35. The third-order valence-electron chi connectivity index (χ3n) is 3.35. The van der Waals surface area contributed by atoms with Crippen molar-refractivity contribution in [2.45, 2.75) is 52.7 Å². The van der Waals surface area contributed by atoms with Gasteiger partial charge in [-0.25, -0.2) is 4.68 Å². The van der Waals surface area contributed by atoms with Gasteiger partial charge in [0.2, 0.25) is 0 Å². The Bertz CT molecular complexity index is 631. The Morgan fingerprint density at radius 2 is 2.00 bits per heavy atom. The first-order valence-electron chi connectivity index (χ1n) is 7.42. The predicted octanol–water partition coefficient (Wildman–Crippen LogP) is 2.03. The summed E-state index contributed by atoms with van der Waals surface area (Å²) in [5.41, 5.74) is 2.08. The van der Waals surface area contributed by atoms with Gasteiger partial charge >= 0.3 is 0 Å². The van der Waals surface area contributed by atoms with Crippen LogP contribution in [0.2, 0.25) is 0 Å². The normalized spacial score (nSPS) is 13.2. The molecular formula is C16H24N4O2. The molecule has 1 N–H and O–H groups in total. The Morgan fingerprint density at radius 3 is 2.64 bits per heavy atom. The van der Waals surface area contributed by atoms with Gasteiger partial charge in [-0.1, -0.05) is 38.5 Å². The van der Waals surface area contributed by atoms with Gasteiger partial charge in [-0.05, 0) is 35.9 Å². The molecule has 0 spiro atoms. The predicted molar refractivity (Wildman–Crippen MR) is 83.9 cm³/mol. The van der Waals surface area contributed by atoms with E-state index in [-0.39, 0.29) is 12.0 Å². The second-order valence-electron chi connectivity index (χ2n) is 6.67. The minimum absolute atomic E-state index is 0.169. The molecule has 0 aliphatic heterocycles. The van der Waals surface area contributed by atoms with Crippen LogP contribution in [0.15, 0.2) is 18.2 Å². The average molecular weight is 304 g/mol. The Labute approximate surface area is 131 Å². The van der Waals surface area contributed by atoms with Crippen molar-refractivity contribution in [3.63, 3.8) is 0 Å². The molecule has 2 aromatic rings. The first-order chi connectivity index (χ1) is 10.3. The number of hydrogen-bond acceptors (Lipinski definition) is 5. The summed E-state index contributed by atoms with van der Waals surface area (Å²) in [6.45, 7) is 10.7. The molecule has 1 unspecified atom stereocenters. The summed E-state index contributed by atoms with van der Waals surface area (Å²) >= 11 is 0. The topological polar surface area (TPSA) is 73.1 Å². The highest BCUT2D eigenvalue weighted by Crippen LogP contribution is 2.20. The van der Waals surface area contributed by atoms with Crippen LogP contribution >= 0.6 is 0 Å². The van der Waals surface area contributed by atoms with Crippen LogP contribution in [-0.4, -0.2) is 38.0 Å². The molecule has 0 radical (unpaired) electrons. The fourth-order valence-electron chi connectivity index (χ4n) is 2.26. The molecule has 6 nitrogen and oxygen atoms in total. The minimum atomic E-state index is -0.676. The van der Waals surface area contributed by atoms with Crippen molar-refractivity contribution in [1.29, 1.82) is 0 Å². The Balaban J connectivity index is 1.96. The van der Waals surface area contributed by atoms with E-state index in [1.165, 1.54) is 5.56 Å². The fourth-order valence-corrected chi connectivity index (χ4v) is 2.26. The molecule has 0 amide bonds. The summed E-state index contributed by atoms with van der Waals surface area (Å²) in [4.78, 5) is 0. The summed E-state index contributed by atoms with van der Waals surface area (Å²) < 4.78 is 7.33. The van der Waals surface area contributed by atoms with E-state index in [9.17, 15) is 5.11 Å². The number of tetrazole rings is 1. The first kappa shape index (κ1) is 16.4. The smallest absolute Gasteiger partial charge is 0.156 e. The van der Waals surface area contributed by atoms with Crippen molar-refractivity contribution < 1.29 is 9.84 Å². The lowest BCUT2D eigenvalue weighted by Crippen LogP contribution is -2.28. The van der Waals surface area contributed by atoms with E-state index in [0.29, 0.717) is 6.54 Å². The quantitative estimate of drug-likeness (QED) is 0.915. The van der Waals surface area contributed by atoms with Crippen LogP contribution in [0.4, 0.5) is 0 Å². The average Bonchev–Trinajstić information content (AvgIpc) is 2.85. The van der Waals surface area contributed by atoms with E-state index >= 15 is 0 Å². The molecule has 0 saturated heterocycles. The summed E-state index contributed by atoms with van der Waals surface area (Å²) in [6, 6.07) is 5.98. The number of aliphatic hydroxyl groups is 1.